The third-order valence-corrected chi connectivity index (χ3v) is 6.67. The normalized spacial score (nSPS) is 13.4. The molecular formula is C30H25FN4O4. The third kappa shape index (κ3) is 4.92. The minimum atomic E-state index is -0.324. The topological polar surface area (TPSA) is 89.7 Å². The average Bonchev–Trinajstić information content (AvgIpc) is 3.38. The summed E-state index contributed by atoms with van der Waals surface area (Å²) in [5, 5.41) is 3.67. The molecule has 2 aromatic heterocycles. The van der Waals surface area contributed by atoms with Crippen LogP contribution in [0.25, 0.3) is 33.6 Å². The summed E-state index contributed by atoms with van der Waals surface area (Å²) in [4.78, 5) is 23.9. The van der Waals surface area contributed by atoms with E-state index >= 15 is 0 Å². The number of hydrogen-bond donors (Lipinski definition) is 1. The lowest BCUT2D eigenvalue weighted by Crippen LogP contribution is -2.36. The number of furan rings is 1. The number of anilines is 2. The van der Waals surface area contributed by atoms with Gasteiger partial charge in [-0.15, -0.1) is 0 Å². The second-order valence-corrected chi connectivity index (χ2v) is 9.05. The lowest BCUT2D eigenvalue weighted by molar-refractivity contribution is 0.102. The number of nitrogens with one attached hydrogen (secondary N) is 1. The smallest absolute Gasteiger partial charge is 0.255 e. The Balaban J connectivity index is 1.38. The standard InChI is InChI=1S/C30H25FN4O4/c1-37-24-12-6-21(7-13-24)29(36)34-23-10-4-20(5-11-23)27-25(19-2-8-22(31)9-3-19)26-28(32-18-33-30(26)39-27)35-14-16-38-17-15-35/h2-13,18H,14-17H2,1H3,(H,34,36). The number of hydrogen-bond acceptors (Lipinski definition) is 7. The lowest BCUT2D eigenvalue weighted by atomic mass is 9.99. The first-order chi connectivity index (χ1) is 19.1. The van der Waals surface area contributed by atoms with Crippen LogP contribution in [0.3, 0.4) is 0 Å². The van der Waals surface area contributed by atoms with E-state index in [1.165, 1.54) is 18.5 Å². The van der Waals surface area contributed by atoms with Gasteiger partial charge >= 0.3 is 0 Å². The molecule has 9 heteroatoms. The van der Waals surface area contributed by atoms with Gasteiger partial charge in [0.05, 0.1) is 25.7 Å². The average molecular weight is 525 g/mol. The molecule has 1 N–H and O–H groups in total. The first-order valence-corrected chi connectivity index (χ1v) is 12.5. The maximum absolute atomic E-state index is 13.8. The monoisotopic (exact) mass is 524 g/mol. The van der Waals surface area contributed by atoms with Crippen LogP contribution in [0.15, 0.2) is 83.5 Å². The number of carbonyl (C=O) groups is 1. The molecule has 1 amide bonds. The molecule has 0 radical (unpaired) electrons. The molecule has 0 spiro atoms. The summed E-state index contributed by atoms with van der Waals surface area (Å²) < 4.78 is 30.8. The number of aromatic nitrogens is 2. The van der Waals surface area contributed by atoms with Crippen LogP contribution in [0.5, 0.6) is 5.75 Å². The summed E-state index contributed by atoms with van der Waals surface area (Å²) in [5.74, 6) is 1.46. The van der Waals surface area contributed by atoms with Crippen molar-refractivity contribution in [3.8, 4) is 28.2 Å². The van der Waals surface area contributed by atoms with E-state index in [0.717, 1.165) is 27.9 Å². The number of rotatable bonds is 6. The first-order valence-electron chi connectivity index (χ1n) is 12.5. The second kappa shape index (κ2) is 10.5. The third-order valence-electron chi connectivity index (χ3n) is 6.67. The molecule has 0 atom stereocenters. The molecule has 0 unspecified atom stereocenters. The summed E-state index contributed by atoms with van der Waals surface area (Å²) in [7, 11) is 1.58. The van der Waals surface area contributed by atoms with Crippen LogP contribution in [-0.2, 0) is 4.74 Å². The number of benzene rings is 3. The molecule has 196 valence electrons. The van der Waals surface area contributed by atoms with Gasteiger partial charge in [0.1, 0.15) is 29.5 Å². The highest BCUT2D eigenvalue weighted by molar-refractivity contribution is 6.07. The molecule has 3 heterocycles. The number of morpholine rings is 1. The van der Waals surface area contributed by atoms with Gasteiger partial charge < -0.3 is 24.1 Å². The number of halogens is 1. The Kier molecular flexibility index (Phi) is 6.64. The zero-order chi connectivity index (χ0) is 26.8. The van der Waals surface area contributed by atoms with Crippen molar-refractivity contribution in [2.24, 2.45) is 0 Å². The summed E-state index contributed by atoms with van der Waals surface area (Å²) in [5.41, 5.74) is 3.94. The van der Waals surface area contributed by atoms with Crippen molar-refractivity contribution in [1.82, 2.24) is 9.97 Å². The zero-order valence-electron chi connectivity index (χ0n) is 21.2. The van der Waals surface area contributed by atoms with Gasteiger partial charge in [-0.2, -0.15) is 0 Å². The van der Waals surface area contributed by atoms with Gasteiger partial charge in [-0.25, -0.2) is 14.4 Å². The number of nitrogens with zero attached hydrogens (tertiary/aromatic N) is 3. The van der Waals surface area contributed by atoms with E-state index in [1.807, 2.05) is 24.3 Å². The van der Waals surface area contributed by atoms with Gasteiger partial charge in [0, 0.05) is 35.5 Å². The Labute approximate surface area is 224 Å². The highest BCUT2D eigenvalue weighted by atomic mass is 19.1. The summed E-state index contributed by atoms with van der Waals surface area (Å²) >= 11 is 0. The van der Waals surface area contributed by atoms with Crippen LogP contribution < -0.4 is 15.0 Å². The van der Waals surface area contributed by atoms with Crippen LogP contribution in [0.4, 0.5) is 15.9 Å². The predicted molar refractivity (Wildman–Crippen MR) is 147 cm³/mol. The van der Waals surface area contributed by atoms with E-state index in [2.05, 4.69) is 20.2 Å². The van der Waals surface area contributed by atoms with Gasteiger partial charge in [-0.1, -0.05) is 12.1 Å². The van der Waals surface area contributed by atoms with E-state index in [-0.39, 0.29) is 11.7 Å². The van der Waals surface area contributed by atoms with Gasteiger partial charge in [0.15, 0.2) is 0 Å². The van der Waals surface area contributed by atoms with Crippen molar-refractivity contribution in [2.75, 3.05) is 43.6 Å². The lowest BCUT2D eigenvalue weighted by Gasteiger charge is -2.28. The second-order valence-electron chi connectivity index (χ2n) is 9.05. The van der Waals surface area contributed by atoms with E-state index < -0.39 is 0 Å². The fourth-order valence-corrected chi connectivity index (χ4v) is 4.68. The molecule has 0 bridgehead atoms. The Morgan fingerprint density at radius 3 is 2.31 bits per heavy atom. The van der Waals surface area contributed by atoms with E-state index in [1.54, 1.807) is 43.5 Å². The minimum Gasteiger partial charge on any atom is -0.497 e. The largest absolute Gasteiger partial charge is 0.497 e. The predicted octanol–water partition coefficient (Wildman–Crippen LogP) is 5.79. The van der Waals surface area contributed by atoms with E-state index in [4.69, 9.17) is 13.9 Å². The Bertz CT molecular complexity index is 1610. The highest BCUT2D eigenvalue weighted by Gasteiger charge is 2.25. The number of fused-ring (bicyclic) bond motifs is 1. The quantitative estimate of drug-likeness (QED) is 0.301. The summed E-state index contributed by atoms with van der Waals surface area (Å²) in [6.45, 7) is 2.59. The molecule has 0 saturated carbocycles. The maximum Gasteiger partial charge on any atom is 0.255 e. The minimum absolute atomic E-state index is 0.230. The van der Waals surface area contributed by atoms with Crippen LogP contribution in [0.2, 0.25) is 0 Å². The van der Waals surface area contributed by atoms with Crippen LogP contribution in [0.1, 0.15) is 10.4 Å². The van der Waals surface area contributed by atoms with Crippen molar-refractivity contribution < 1.29 is 23.1 Å². The van der Waals surface area contributed by atoms with Gasteiger partial charge in [-0.3, -0.25) is 4.79 Å². The van der Waals surface area contributed by atoms with Gasteiger partial charge in [-0.05, 0) is 66.2 Å². The Hall–Kier alpha value is -4.76. The molecule has 3 aromatic carbocycles. The van der Waals surface area contributed by atoms with E-state index in [9.17, 15) is 9.18 Å². The van der Waals surface area contributed by atoms with Crippen molar-refractivity contribution in [3.63, 3.8) is 0 Å². The molecule has 1 aliphatic heterocycles. The molecule has 8 nitrogen and oxygen atoms in total. The van der Waals surface area contributed by atoms with Gasteiger partial charge in [0.25, 0.3) is 5.91 Å². The highest BCUT2D eigenvalue weighted by Crippen LogP contribution is 2.43. The molecule has 6 rings (SSSR count). The summed E-state index contributed by atoms with van der Waals surface area (Å²) in [6.07, 6.45) is 1.49. The number of ether oxygens (including phenoxy) is 2. The number of methoxy groups -OCH3 is 1. The number of carbonyl (C=O) groups excluding carboxylic acids is 1. The molecule has 39 heavy (non-hydrogen) atoms. The van der Waals surface area contributed by atoms with Crippen LogP contribution >= 0.6 is 0 Å². The van der Waals surface area contributed by atoms with Crippen molar-refractivity contribution >= 4 is 28.5 Å². The molecule has 1 aliphatic rings. The molecule has 1 saturated heterocycles. The number of amides is 1. The van der Waals surface area contributed by atoms with Crippen molar-refractivity contribution in [3.05, 3.63) is 90.5 Å². The molecule has 0 aliphatic carbocycles. The fourth-order valence-electron chi connectivity index (χ4n) is 4.68. The van der Waals surface area contributed by atoms with Crippen molar-refractivity contribution in [1.29, 1.82) is 0 Å². The van der Waals surface area contributed by atoms with Gasteiger partial charge in [0.2, 0.25) is 5.71 Å². The zero-order valence-corrected chi connectivity index (χ0v) is 21.2. The van der Waals surface area contributed by atoms with Crippen LogP contribution in [0, 0.1) is 5.82 Å². The molecule has 1 fully saturated rings. The first kappa shape index (κ1) is 24.6. The van der Waals surface area contributed by atoms with E-state index in [0.29, 0.717) is 54.8 Å². The fraction of sp³-hybridized carbons (Fsp3) is 0.167. The molecule has 5 aromatic rings. The van der Waals surface area contributed by atoms with Crippen molar-refractivity contribution in [2.45, 2.75) is 0 Å². The SMILES string of the molecule is COc1ccc(C(=O)Nc2ccc(-c3oc4ncnc(N5CCOCC5)c4c3-c3ccc(F)cc3)cc2)cc1. The molecular weight excluding hydrogens is 499 g/mol. The summed E-state index contributed by atoms with van der Waals surface area (Å²) in [6, 6.07) is 20.6. The maximum atomic E-state index is 13.8. The van der Waals surface area contributed by atoms with Crippen LogP contribution in [-0.4, -0.2) is 49.3 Å². The Morgan fingerprint density at radius 2 is 1.62 bits per heavy atom. The Morgan fingerprint density at radius 1 is 0.923 bits per heavy atom.